The second-order valence-electron chi connectivity index (χ2n) is 11.0. The maximum atomic E-state index is 13.3. The van der Waals surface area contributed by atoms with Crippen LogP contribution >= 0.6 is 0 Å². The molecule has 4 aliphatic rings. The zero-order valence-corrected chi connectivity index (χ0v) is 20.4. The van der Waals surface area contributed by atoms with Crippen LogP contribution in [0.4, 0.5) is 4.79 Å². The van der Waals surface area contributed by atoms with Gasteiger partial charge in [-0.05, 0) is 68.8 Å². The van der Waals surface area contributed by atoms with E-state index in [9.17, 15) is 4.79 Å². The number of nitrogens with zero attached hydrogens (tertiary/aromatic N) is 3. The molecular formula is C27H36N6O. The third-order valence-electron chi connectivity index (χ3n) is 8.58. The maximum Gasteiger partial charge on any atom is 0.317 e. The molecule has 7 heteroatoms. The minimum Gasteiger partial charge on any atom is -0.335 e. The van der Waals surface area contributed by atoms with Gasteiger partial charge in [-0.3, -0.25) is 10.4 Å². The maximum absolute atomic E-state index is 13.3. The summed E-state index contributed by atoms with van der Waals surface area (Å²) < 4.78 is 0. The second kappa shape index (κ2) is 8.63. The van der Waals surface area contributed by atoms with Gasteiger partial charge in [-0.2, -0.15) is 0 Å². The van der Waals surface area contributed by atoms with Gasteiger partial charge in [-0.1, -0.05) is 30.3 Å². The van der Waals surface area contributed by atoms with E-state index in [1.165, 1.54) is 11.1 Å². The lowest BCUT2D eigenvalue weighted by molar-refractivity contribution is 0.0790. The first-order chi connectivity index (χ1) is 16.5. The van der Waals surface area contributed by atoms with Gasteiger partial charge in [0.05, 0.1) is 12.1 Å². The Hall–Kier alpha value is -2.48. The predicted octanol–water partition coefficient (Wildman–Crippen LogP) is 2.73. The summed E-state index contributed by atoms with van der Waals surface area (Å²) in [6.45, 7) is 6.92. The van der Waals surface area contributed by atoms with Crippen molar-refractivity contribution in [1.29, 1.82) is 0 Å². The number of likely N-dealkylation sites (N-methyl/N-ethyl adjacent to an activating group) is 1. The fourth-order valence-corrected chi connectivity index (χ4v) is 7.10. The normalized spacial score (nSPS) is 35.7. The minimum atomic E-state index is 0.115. The van der Waals surface area contributed by atoms with Crippen molar-refractivity contribution < 1.29 is 4.79 Å². The van der Waals surface area contributed by atoms with Gasteiger partial charge in [0, 0.05) is 49.0 Å². The Balaban J connectivity index is 1.22. The first-order valence-electron chi connectivity index (χ1n) is 12.7. The number of aryl methyl sites for hydroxylation is 2. The van der Waals surface area contributed by atoms with E-state index in [2.05, 4.69) is 94.3 Å². The van der Waals surface area contributed by atoms with Crippen LogP contribution in [-0.4, -0.2) is 65.6 Å². The van der Waals surface area contributed by atoms with Crippen LogP contribution < -0.4 is 16.2 Å². The molecule has 4 heterocycles. The molecule has 2 amide bonds. The quantitative estimate of drug-likeness (QED) is 0.657. The Kier molecular flexibility index (Phi) is 5.59. The molecule has 1 aromatic heterocycles. The molecule has 7 nitrogen and oxygen atoms in total. The van der Waals surface area contributed by atoms with Crippen LogP contribution in [0.25, 0.3) is 0 Å². The number of carbonyl (C=O) groups is 1. The number of pyridine rings is 1. The fourth-order valence-electron chi connectivity index (χ4n) is 7.10. The number of nitrogens with one attached hydrogen (secondary N) is 3. The molecule has 1 aromatic carbocycles. The van der Waals surface area contributed by atoms with Crippen molar-refractivity contribution in [3.8, 4) is 0 Å². The summed E-state index contributed by atoms with van der Waals surface area (Å²) >= 11 is 0. The van der Waals surface area contributed by atoms with Crippen molar-refractivity contribution in [2.75, 3.05) is 26.7 Å². The molecule has 0 radical (unpaired) electrons. The first kappa shape index (κ1) is 22.0. The third kappa shape index (κ3) is 3.89. The summed E-state index contributed by atoms with van der Waals surface area (Å²) in [7, 11) is 2.17. The molecule has 34 heavy (non-hydrogen) atoms. The van der Waals surface area contributed by atoms with Crippen LogP contribution in [0.3, 0.4) is 0 Å². The molecule has 3 saturated heterocycles. The van der Waals surface area contributed by atoms with Crippen LogP contribution in [0.15, 0.2) is 42.5 Å². The number of hydrogen-bond acceptors (Lipinski definition) is 5. The van der Waals surface area contributed by atoms with Gasteiger partial charge in [-0.25, -0.2) is 10.2 Å². The number of urea groups is 1. The molecule has 2 aromatic rings. The highest BCUT2D eigenvalue weighted by Gasteiger charge is 2.50. The van der Waals surface area contributed by atoms with Gasteiger partial charge in [0.25, 0.3) is 0 Å². The average molecular weight is 461 g/mol. The molecule has 0 spiro atoms. The highest BCUT2D eigenvalue weighted by molar-refractivity contribution is 5.76. The number of hydrazine groups is 1. The molecule has 3 aliphatic heterocycles. The van der Waals surface area contributed by atoms with Crippen molar-refractivity contribution in [2.45, 2.75) is 56.8 Å². The molecule has 3 N–H and O–H groups in total. The van der Waals surface area contributed by atoms with Crippen LogP contribution in [0.1, 0.15) is 47.3 Å². The molecule has 0 bridgehead atoms. The second-order valence-corrected chi connectivity index (χ2v) is 11.0. The van der Waals surface area contributed by atoms with Crippen molar-refractivity contribution in [2.24, 2.45) is 11.8 Å². The fraction of sp³-hybridized carbons (Fsp3) is 0.556. The summed E-state index contributed by atoms with van der Waals surface area (Å²) in [6.07, 6.45) is 2.09. The summed E-state index contributed by atoms with van der Waals surface area (Å²) in [5, 5.41) is 3.41. The van der Waals surface area contributed by atoms with Gasteiger partial charge in [0.2, 0.25) is 0 Å². The molecule has 4 fully saturated rings. The summed E-state index contributed by atoms with van der Waals surface area (Å²) in [5.74, 6) is 1.33. The Bertz CT molecular complexity index is 1040. The molecular weight excluding hydrogens is 424 g/mol. The van der Waals surface area contributed by atoms with Crippen molar-refractivity contribution >= 4 is 6.03 Å². The number of hydrogen-bond donors (Lipinski definition) is 3. The van der Waals surface area contributed by atoms with Crippen molar-refractivity contribution in [3.63, 3.8) is 0 Å². The highest BCUT2D eigenvalue weighted by Crippen LogP contribution is 2.43. The molecule has 1 saturated carbocycles. The van der Waals surface area contributed by atoms with E-state index in [4.69, 9.17) is 0 Å². The summed E-state index contributed by atoms with van der Waals surface area (Å²) in [5.41, 5.74) is 11.9. The van der Waals surface area contributed by atoms with Crippen LogP contribution in [0, 0.1) is 25.7 Å². The van der Waals surface area contributed by atoms with Crippen LogP contribution in [-0.2, 0) is 0 Å². The standard InChI is InChI=1S/C27H36N6O/c1-16-9-19(10-17(2)28-16)26-21-11-20-13-33(27(34)29-23(20)12-24(21)30-31-26)25-15-32(3)14-22(25)18-7-5-4-6-8-18/h4-10,20-26,30-31H,11-15H2,1-3H3,(H,29,34)/t20?,21?,22-,23?,24?,25+,26?/m0/s1. The smallest absolute Gasteiger partial charge is 0.317 e. The van der Waals surface area contributed by atoms with Gasteiger partial charge < -0.3 is 15.1 Å². The van der Waals surface area contributed by atoms with Gasteiger partial charge >= 0.3 is 6.03 Å². The zero-order valence-electron chi connectivity index (χ0n) is 20.4. The monoisotopic (exact) mass is 460 g/mol. The summed E-state index contributed by atoms with van der Waals surface area (Å²) in [6, 6.07) is 16.4. The third-order valence-corrected chi connectivity index (χ3v) is 8.58. The average Bonchev–Trinajstić information content (AvgIpc) is 3.40. The number of carbonyl (C=O) groups excluding carboxylic acids is 1. The minimum absolute atomic E-state index is 0.115. The Morgan fingerprint density at radius 2 is 1.68 bits per heavy atom. The van der Waals surface area contributed by atoms with E-state index in [1.807, 2.05) is 0 Å². The van der Waals surface area contributed by atoms with Gasteiger partial charge in [-0.15, -0.1) is 0 Å². The van der Waals surface area contributed by atoms with Crippen molar-refractivity contribution in [1.82, 2.24) is 31.0 Å². The van der Waals surface area contributed by atoms with E-state index in [1.54, 1.807) is 0 Å². The topological polar surface area (TPSA) is 72.5 Å². The molecule has 6 rings (SSSR count). The highest BCUT2D eigenvalue weighted by atomic mass is 16.2. The number of benzene rings is 1. The number of aromatic nitrogens is 1. The number of likely N-dealkylation sites (tertiary alicyclic amines) is 1. The van der Waals surface area contributed by atoms with E-state index in [0.29, 0.717) is 23.8 Å². The predicted molar refractivity (Wildman–Crippen MR) is 132 cm³/mol. The molecule has 7 atom stereocenters. The van der Waals surface area contributed by atoms with Crippen LogP contribution in [0.2, 0.25) is 0 Å². The zero-order chi connectivity index (χ0) is 23.4. The number of rotatable bonds is 3. The van der Waals surface area contributed by atoms with E-state index < -0.39 is 0 Å². The van der Waals surface area contributed by atoms with E-state index in [-0.39, 0.29) is 24.2 Å². The summed E-state index contributed by atoms with van der Waals surface area (Å²) in [4.78, 5) is 22.4. The number of fused-ring (bicyclic) bond motifs is 2. The lowest BCUT2D eigenvalue weighted by Gasteiger charge is -2.48. The lowest BCUT2D eigenvalue weighted by Crippen LogP contribution is -2.63. The largest absolute Gasteiger partial charge is 0.335 e. The number of amides is 2. The lowest BCUT2D eigenvalue weighted by atomic mass is 9.71. The first-order valence-corrected chi connectivity index (χ1v) is 12.7. The SMILES string of the molecule is Cc1cc(C2NNC3CC4NC(=O)N([C@@H]5CN(C)C[C@H]5c5ccccc5)CC4CC32)cc(C)n1. The molecule has 1 aliphatic carbocycles. The van der Waals surface area contributed by atoms with Crippen molar-refractivity contribution in [3.05, 3.63) is 65.0 Å². The Morgan fingerprint density at radius 3 is 2.44 bits per heavy atom. The van der Waals surface area contributed by atoms with E-state index in [0.717, 1.165) is 43.9 Å². The van der Waals surface area contributed by atoms with Gasteiger partial charge in [0.15, 0.2) is 0 Å². The van der Waals surface area contributed by atoms with E-state index >= 15 is 0 Å². The molecule has 180 valence electrons. The van der Waals surface area contributed by atoms with Gasteiger partial charge in [0.1, 0.15) is 0 Å². The molecule has 5 unspecified atom stereocenters. The Morgan fingerprint density at radius 1 is 0.912 bits per heavy atom. The Labute approximate surface area is 202 Å². The van der Waals surface area contributed by atoms with Crippen LogP contribution in [0.5, 0.6) is 0 Å².